The second-order valence-electron chi connectivity index (χ2n) is 9.57. The summed E-state index contributed by atoms with van der Waals surface area (Å²) in [5.74, 6) is 0.437. The van der Waals surface area contributed by atoms with Crippen LogP contribution in [0, 0.1) is 18.8 Å². The van der Waals surface area contributed by atoms with Gasteiger partial charge in [0.15, 0.2) is 5.76 Å². The number of carboxylic acids is 1. The third kappa shape index (κ3) is 5.90. The number of carbonyl (C=O) groups is 2. The lowest BCUT2D eigenvalue weighted by atomic mass is 9.86. The molecule has 4 rings (SSSR count). The van der Waals surface area contributed by atoms with Crippen LogP contribution in [0.4, 0.5) is 10.5 Å². The van der Waals surface area contributed by atoms with Crippen LogP contribution >= 0.6 is 0 Å². The molecule has 0 aliphatic heterocycles. The van der Waals surface area contributed by atoms with Gasteiger partial charge in [0.1, 0.15) is 23.2 Å². The number of nitrogens with one attached hydrogen (secondary N) is 1. The molecule has 2 saturated carbocycles. The van der Waals surface area contributed by atoms with Crippen LogP contribution in [-0.4, -0.2) is 34.5 Å². The van der Waals surface area contributed by atoms with Gasteiger partial charge in [-0.1, -0.05) is 24.4 Å². The van der Waals surface area contributed by atoms with Crippen LogP contribution in [-0.2, 0) is 9.53 Å². The van der Waals surface area contributed by atoms with Crippen molar-refractivity contribution >= 4 is 17.7 Å². The van der Waals surface area contributed by atoms with Gasteiger partial charge in [0.2, 0.25) is 0 Å². The number of nitrogens with zero attached hydrogens (tertiary/aromatic N) is 1. The SMILES string of the molecule is Cc1noc(-c2ccc(OC3CCCC(C(=O)O)C3)cc2)c1NC(=O)O[C@H](C)C1CCCCC1. The zero-order valence-corrected chi connectivity index (χ0v) is 19.9. The van der Waals surface area contributed by atoms with E-state index in [4.69, 9.17) is 14.0 Å². The summed E-state index contributed by atoms with van der Waals surface area (Å²) in [6.07, 6.45) is 8.00. The van der Waals surface area contributed by atoms with E-state index in [1.54, 1.807) is 6.92 Å². The van der Waals surface area contributed by atoms with Crippen LogP contribution in [0.2, 0.25) is 0 Å². The molecule has 0 saturated heterocycles. The lowest BCUT2D eigenvalue weighted by Crippen LogP contribution is -2.29. The molecule has 1 amide bonds. The van der Waals surface area contributed by atoms with E-state index >= 15 is 0 Å². The van der Waals surface area contributed by atoms with Crippen LogP contribution < -0.4 is 10.1 Å². The monoisotopic (exact) mass is 470 g/mol. The van der Waals surface area contributed by atoms with Crippen LogP contribution in [0.1, 0.15) is 70.4 Å². The smallest absolute Gasteiger partial charge is 0.412 e. The van der Waals surface area contributed by atoms with Crippen molar-refractivity contribution in [3.05, 3.63) is 30.0 Å². The van der Waals surface area contributed by atoms with Gasteiger partial charge in [0.05, 0.1) is 12.0 Å². The molecule has 2 unspecified atom stereocenters. The molecule has 8 heteroatoms. The minimum absolute atomic E-state index is 0.105. The van der Waals surface area contributed by atoms with Gasteiger partial charge in [-0.3, -0.25) is 10.1 Å². The molecule has 1 aromatic heterocycles. The Morgan fingerprint density at radius 3 is 2.53 bits per heavy atom. The van der Waals surface area contributed by atoms with E-state index < -0.39 is 12.1 Å². The highest BCUT2D eigenvalue weighted by molar-refractivity contribution is 5.90. The van der Waals surface area contributed by atoms with Gasteiger partial charge >= 0.3 is 12.1 Å². The fraction of sp³-hybridized carbons (Fsp3) is 0.577. The summed E-state index contributed by atoms with van der Waals surface area (Å²) in [5, 5.41) is 16.1. The molecule has 1 heterocycles. The van der Waals surface area contributed by atoms with Crippen molar-refractivity contribution in [1.82, 2.24) is 5.16 Å². The van der Waals surface area contributed by atoms with Crippen molar-refractivity contribution in [3.63, 3.8) is 0 Å². The Labute approximate surface area is 200 Å². The normalized spacial score (nSPS) is 22.1. The number of carbonyl (C=O) groups excluding carboxylic acids is 1. The van der Waals surface area contributed by atoms with Crippen molar-refractivity contribution in [2.24, 2.45) is 11.8 Å². The Morgan fingerprint density at radius 2 is 1.82 bits per heavy atom. The average Bonchev–Trinajstić information content (AvgIpc) is 3.20. The maximum atomic E-state index is 12.6. The van der Waals surface area contributed by atoms with Crippen molar-refractivity contribution < 1.29 is 28.7 Å². The maximum Gasteiger partial charge on any atom is 0.412 e. The quantitative estimate of drug-likeness (QED) is 0.496. The van der Waals surface area contributed by atoms with Crippen LogP contribution in [0.5, 0.6) is 5.75 Å². The van der Waals surface area contributed by atoms with Crippen molar-refractivity contribution in [2.45, 2.75) is 83.8 Å². The molecule has 2 aromatic rings. The molecule has 2 fully saturated rings. The van der Waals surface area contributed by atoms with Crippen LogP contribution in [0.3, 0.4) is 0 Å². The molecule has 0 spiro atoms. The highest BCUT2D eigenvalue weighted by Crippen LogP contribution is 2.34. The topological polar surface area (TPSA) is 111 Å². The number of anilines is 1. The molecule has 34 heavy (non-hydrogen) atoms. The summed E-state index contributed by atoms with van der Waals surface area (Å²) in [4.78, 5) is 23.9. The lowest BCUT2D eigenvalue weighted by Gasteiger charge is -2.27. The first-order valence-electron chi connectivity index (χ1n) is 12.3. The highest BCUT2D eigenvalue weighted by Gasteiger charge is 2.28. The number of ether oxygens (including phenoxy) is 2. The molecule has 2 aliphatic rings. The van der Waals surface area contributed by atoms with Crippen molar-refractivity contribution in [3.8, 4) is 17.1 Å². The van der Waals surface area contributed by atoms with Gasteiger partial charge in [-0.25, -0.2) is 4.79 Å². The van der Waals surface area contributed by atoms with E-state index in [1.165, 1.54) is 19.3 Å². The lowest BCUT2D eigenvalue weighted by molar-refractivity contribution is -0.143. The third-order valence-electron chi connectivity index (χ3n) is 7.09. The molecule has 3 atom stereocenters. The van der Waals surface area contributed by atoms with E-state index in [1.807, 2.05) is 31.2 Å². The van der Waals surface area contributed by atoms with Crippen LogP contribution in [0.15, 0.2) is 28.8 Å². The molecule has 2 N–H and O–H groups in total. The first-order valence-corrected chi connectivity index (χ1v) is 12.3. The van der Waals surface area contributed by atoms with E-state index in [9.17, 15) is 14.7 Å². The zero-order chi connectivity index (χ0) is 24.1. The number of carboxylic acid groups (broad SMARTS) is 1. The summed E-state index contributed by atoms with van der Waals surface area (Å²) in [5.41, 5.74) is 1.81. The fourth-order valence-electron chi connectivity index (χ4n) is 5.07. The van der Waals surface area contributed by atoms with Gasteiger partial charge in [0, 0.05) is 5.56 Å². The summed E-state index contributed by atoms with van der Waals surface area (Å²) in [7, 11) is 0. The summed E-state index contributed by atoms with van der Waals surface area (Å²) in [6.45, 7) is 3.73. The van der Waals surface area contributed by atoms with Gasteiger partial charge in [-0.15, -0.1) is 0 Å². The Bertz CT molecular complexity index is 980. The number of aryl methyl sites for hydroxylation is 1. The minimum atomic E-state index is -0.754. The predicted molar refractivity (Wildman–Crippen MR) is 127 cm³/mol. The van der Waals surface area contributed by atoms with Crippen molar-refractivity contribution in [1.29, 1.82) is 0 Å². The van der Waals surface area contributed by atoms with E-state index in [2.05, 4.69) is 10.5 Å². The molecular weight excluding hydrogens is 436 g/mol. The minimum Gasteiger partial charge on any atom is -0.490 e. The van der Waals surface area contributed by atoms with E-state index in [-0.39, 0.29) is 18.1 Å². The molecule has 2 aliphatic carbocycles. The first kappa shape index (κ1) is 24.1. The maximum absolute atomic E-state index is 12.6. The Hall–Kier alpha value is -3.03. The Balaban J connectivity index is 1.38. The number of hydrogen-bond donors (Lipinski definition) is 2. The van der Waals surface area contributed by atoms with E-state index in [0.717, 1.165) is 31.2 Å². The number of rotatable bonds is 7. The van der Waals surface area contributed by atoms with Gasteiger partial charge in [-0.05, 0) is 82.6 Å². The van der Waals surface area contributed by atoms with Gasteiger partial charge in [0.25, 0.3) is 0 Å². The molecule has 0 radical (unpaired) electrons. The Kier molecular flexibility index (Phi) is 7.75. The van der Waals surface area contributed by atoms with E-state index in [0.29, 0.717) is 41.7 Å². The zero-order valence-electron chi connectivity index (χ0n) is 19.9. The fourth-order valence-corrected chi connectivity index (χ4v) is 5.07. The summed E-state index contributed by atoms with van der Waals surface area (Å²) in [6, 6.07) is 7.33. The second-order valence-corrected chi connectivity index (χ2v) is 9.57. The predicted octanol–water partition coefficient (Wildman–Crippen LogP) is 6.19. The van der Waals surface area contributed by atoms with Gasteiger partial charge < -0.3 is 19.1 Å². The molecule has 1 aromatic carbocycles. The molecule has 0 bridgehead atoms. The number of amides is 1. The van der Waals surface area contributed by atoms with Crippen molar-refractivity contribution in [2.75, 3.05) is 5.32 Å². The number of benzene rings is 1. The standard InChI is InChI=1S/C26H34N2O6/c1-16-23(27-26(31)32-17(2)18-7-4-3-5-8-18)24(34-28-16)19-11-13-21(14-12-19)33-22-10-6-9-20(15-22)25(29)30/h11-14,17-18,20,22H,3-10,15H2,1-2H3,(H,27,31)(H,29,30)/t17-,20?,22?/m1/s1. The Morgan fingerprint density at radius 1 is 1.09 bits per heavy atom. The summed E-state index contributed by atoms with van der Waals surface area (Å²) < 4.78 is 17.2. The van der Waals surface area contributed by atoms with Gasteiger partial charge in [-0.2, -0.15) is 0 Å². The number of aliphatic carboxylic acids is 1. The largest absolute Gasteiger partial charge is 0.490 e. The number of aromatic nitrogens is 1. The third-order valence-corrected chi connectivity index (χ3v) is 7.09. The summed E-state index contributed by atoms with van der Waals surface area (Å²) >= 11 is 0. The molecule has 184 valence electrons. The average molecular weight is 471 g/mol. The van der Waals surface area contributed by atoms with Crippen LogP contribution in [0.25, 0.3) is 11.3 Å². The number of hydrogen-bond acceptors (Lipinski definition) is 6. The second kappa shape index (κ2) is 10.9. The highest BCUT2D eigenvalue weighted by atomic mass is 16.6. The molecule has 8 nitrogen and oxygen atoms in total. The molecular formula is C26H34N2O6. The first-order chi connectivity index (χ1) is 16.4.